The molecule has 0 saturated carbocycles. The molecule has 0 heterocycles. The minimum absolute atomic E-state index is 0.112. The van der Waals surface area contributed by atoms with Gasteiger partial charge in [0, 0.05) is 0 Å². The van der Waals surface area contributed by atoms with Crippen LogP contribution < -0.4 is 0 Å². The van der Waals surface area contributed by atoms with Gasteiger partial charge in [0.25, 0.3) is 14.1 Å². The number of guanidine groups is 1. The highest BCUT2D eigenvalue weighted by molar-refractivity contribution is 6.39. The molecule has 1 atom stereocenters. The average Bonchev–Trinajstić information content (AvgIpc) is 2.29. The topological polar surface area (TPSA) is 6.02 Å². The van der Waals surface area contributed by atoms with Crippen LogP contribution in [-0.4, -0.2) is 65.2 Å². The molecule has 23 heavy (non-hydrogen) atoms. The molecule has 1 aromatic carbocycles. The minimum Gasteiger partial charge on any atom is -0.177 e. The molecule has 0 fully saturated rings. The first-order chi connectivity index (χ1) is 10.3. The summed E-state index contributed by atoms with van der Waals surface area (Å²) in [6.45, 7) is 0. The summed E-state index contributed by atoms with van der Waals surface area (Å²) in [6, 6.07) is 5.16. The molecule has 0 aromatic heterocycles. The number of quaternary nitrogens is 2. The first kappa shape index (κ1) is 20.1. The fraction of sp³-hybridized carbons (Fsp3) is 0.294. The molecule has 8 radical (unpaired) electrons. The van der Waals surface area contributed by atoms with Crippen molar-refractivity contribution >= 4 is 35.0 Å². The maximum absolute atomic E-state index is 6.57. The molecule has 0 amide bonds. The highest BCUT2D eigenvalue weighted by Gasteiger charge is 2.54. The first-order valence-electron chi connectivity index (χ1n) is 6.76. The summed E-state index contributed by atoms with van der Waals surface area (Å²) in [7, 11) is 33.2. The van der Waals surface area contributed by atoms with Crippen molar-refractivity contribution in [3.8, 4) is 0 Å². The molecular formula is C17H22Cl2N4+4. The van der Waals surface area contributed by atoms with Crippen molar-refractivity contribution in [1.29, 1.82) is 0 Å². The Bertz CT molecular complexity index is 639. The quantitative estimate of drug-likeness (QED) is 0.241. The van der Waals surface area contributed by atoms with Gasteiger partial charge in [-0.15, -0.1) is 4.58 Å². The van der Waals surface area contributed by atoms with Crippen LogP contribution in [0.4, 0.5) is 0 Å². The van der Waals surface area contributed by atoms with Crippen LogP contribution in [0, 0.1) is 28.2 Å². The molecule has 0 aliphatic carbocycles. The van der Waals surface area contributed by atoms with Crippen LogP contribution in [0.5, 0.6) is 0 Å². The van der Waals surface area contributed by atoms with Crippen LogP contribution in [0.3, 0.4) is 0 Å². The van der Waals surface area contributed by atoms with E-state index in [-0.39, 0.29) is 8.97 Å². The molecule has 1 aromatic rings. The molecule has 0 saturated heterocycles. The predicted molar refractivity (Wildman–Crippen MR) is 93.4 cm³/mol. The zero-order chi connectivity index (χ0) is 18.2. The van der Waals surface area contributed by atoms with E-state index in [1.165, 1.54) is 9.15 Å². The molecular weight excluding hydrogens is 331 g/mol. The summed E-state index contributed by atoms with van der Waals surface area (Å²) in [5.41, 5.74) is 0.513. The van der Waals surface area contributed by atoms with E-state index >= 15 is 0 Å². The lowest BCUT2D eigenvalue weighted by molar-refractivity contribution is -0.890. The number of benzene rings is 1. The zero-order valence-electron chi connectivity index (χ0n) is 14.1. The number of hydrogen-bond donors (Lipinski definition) is 0. The third-order valence-corrected chi connectivity index (χ3v) is 3.84. The van der Waals surface area contributed by atoms with Crippen LogP contribution in [0.2, 0.25) is 10.0 Å². The number of halogens is 2. The third-order valence-electron chi connectivity index (χ3n) is 3.21. The molecule has 1 rings (SSSR count). The molecule has 0 bridgehead atoms. The van der Waals surface area contributed by atoms with Crippen molar-refractivity contribution in [2.24, 2.45) is 0 Å². The van der Waals surface area contributed by atoms with E-state index in [0.717, 1.165) is 0 Å². The van der Waals surface area contributed by atoms with Crippen LogP contribution in [-0.2, 0) is 0 Å². The molecule has 0 N–H and O–H groups in total. The molecule has 1 unspecified atom stereocenters. The van der Waals surface area contributed by atoms with Crippen molar-refractivity contribution in [3.05, 3.63) is 62.0 Å². The summed E-state index contributed by atoms with van der Waals surface area (Å²) < 4.78 is 2.26. The lowest BCUT2D eigenvalue weighted by Crippen LogP contribution is -2.64. The van der Waals surface area contributed by atoms with Gasteiger partial charge in [-0.3, -0.25) is 0 Å². The Kier molecular flexibility index (Phi) is 6.03. The van der Waals surface area contributed by atoms with Gasteiger partial charge < -0.3 is 0 Å². The summed E-state index contributed by atoms with van der Waals surface area (Å²) >= 11 is 12.7. The molecule has 0 aliphatic heterocycles. The highest BCUT2D eigenvalue weighted by Crippen LogP contribution is 2.29. The van der Waals surface area contributed by atoms with Gasteiger partial charge >= 0.3 is 11.8 Å². The normalized spacial score (nSPS) is 15.3. The Labute approximate surface area is 150 Å². The number of rotatable bonds is 1. The number of amidine groups is 1. The van der Waals surface area contributed by atoms with Crippen molar-refractivity contribution in [2.75, 3.05) is 35.2 Å². The predicted octanol–water partition coefficient (Wildman–Crippen LogP) is 2.58. The number of nitrogens with zero attached hydrogens (tertiary/aromatic N) is 4. The molecule has 0 spiro atoms. The van der Waals surface area contributed by atoms with Gasteiger partial charge in [0.1, 0.15) is 19.7 Å². The maximum atomic E-state index is 6.57. The van der Waals surface area contributed by atoms with Crippen molar-refractivity contribution in [3.63, 3.8) is 0 Å². The second-order valence-corrected chi connectivity index (χ2v) is 6.87. The summed E-state index contributed by atoms with van der Waals surface area (Å²) in [5.74, 6) is 0.887. The Morgan fingerprint density at radius 3 is 1.70 bits per heavy atom. The van der Waals surface area contributed by atoms with Crippen molar-refractivity contribution in [2.45, 2.75) is 0 Å². The molecule has 120 valence electrons. The van der Waals surface area contributed by atoms with Crippen LogP contribution >= 0.6 is 23.2 Å². The van der Waals surface area contributed by atoms with Crippen LogP contribution in [0.15, 0.2) is 18.2 Å². The second-order valence-electron chi connectivity index (χ2n) is 6.06. The van der Waals surface area contributed by atoms with Gasteiger partial charge in [-0.25, -0.2) is 0 Å². The van der Waals surface area contributed by atoms with E-state index in [1.54, 1.807) is 53.4 Å². The maximum Gasteiger partial charge on any atom is 0.544 e. The van der Waals surface area contributed by atoms with Gasteiger partial charge in [0.15, 0.2) is 0 Å². The van der Waals surface area contributed by atoms with Crippen molar-refractivity contribution < 1.29 is 18.1 Å². The largest absolute Gasteiger partial charge is 0.544 e. The van der Waals surface area contributed by atoms with Gasteiger partial charge in [0.2, 0.25) is 14.1 Å². The van der Waals surface area contributed by atoms with E-state index in [1.807, 2.05) is 0 Å². The van der Waals surface area contributed by atoms with Gasteiger partial charge in [-0.1, -0.05) is 33.8 Å². The Hall–Kier alpha value is -0.940. The Morgan fingerprint density at radius 2 is 1.39 bits per heavy atom. The monoisotopic (exact) mass is 352 g/mol. The lowest BCUT2D eigenvalue weighted by atomic mass is 10.1. The average molecular weight is 353 g/mol. The summed E-state index contributed by atoms with van der Waals surface area (Å²) in [5, 5.41) is 0.835. The SMILES string of the molecule is [CH][N+](C)=C(c1c(Cl)cccc1Cl)[N+]([CH])(C)C(=[N+]([CH])C)[N+]([CH])(C)C. The standard InChI is InChI=1S/C17H22Cl2N4/c1-20(2)16(15-13(18)11-10-12-14(15)19)23(8,9)17(21(3)4)22(5,6)7/h1,3,5,8,10-12H,2,4,6-7,9H3/q+4. The van der Waals surface area contributed by atoms with E-state index in [4.69, 9.17) is 51.4 Å². The Balaban J connectivity index is 3.79. The second kappa shape index (κ2) is 6.89. The highest BCUT2D eigenvalue weighted by atomic mass is 35.5. The molecule has 0 aliphatic rings. The van der Waals surface area contributed by atoms with Crippen LogP contribution in [0.25, 0.3) is 0 Å². The Morgan fingerprint density at radius 1 is 0.957 bits per heavy atom. The van der Waals surface area contributed by atoms with Crippen LogP contribution in [0.1, 0.15) is 5.56 Å². The van der Waals surface area contributed by atoms with Gasteiger partial charge in [0.05, 0.1) is 31.2 Å². The zero-order valence-corrected chi connectivity index (χ0v) is 15.6. The minimum atomic E-state index is -0.340. The first-order valence-corrected chi connectivity index (χ1v) is 7.51. The summed E-state index contributed by atoms with van der Waals surface area (Å²) in [6.07, 6.45) is 0. The fourth-order valence-electron chi connectivity index (χ4n) is 2.81. The van der Waals surface area contributed by atoms with Gasteiger partial charge in [-0.05, 0) is 12.1 Å². The van der Waals surface area contributed by atoms with E-state index in [2.05, 4.69) is 0 Å². The van der Waals surface area contributed by atoms with Crippen molar-refractivity contribution in [1.82, 2.24) is 0 Å². The number of hydrogen-bond acceptors (Lipinski definition) is 0. The molecule has 4 nitrogen and oxygen atoms in total. The molecule has 6 heteroatoms. The van der Waals surface area contributed by atoms with E-state index in [0.29, 0.717) is 27.4 Å². The smallest absolute Gasteiger partial charge is 0.177 e. The van der Waals surface area contributed by atoms with E-state index in [9.17, 15) is 0 Å². The van der Waals surface area contributed by atoms with E-state index < -0.39 is 0 Å². The lowest BCUT2D eigenvalue weighted by Gasteiger charge is -2.28. The fourth-order valence-corrected chi connectivity index (χ4v) is 3.38. The summed E-state index contributed by atoms with van der Waals surface area (Å²) in [4.78, 5) is 0. The van der Waals surface area contributed by atoms with Gasteiger partial charge in [-0.2, -0.15) is 9.06 Å². The third kappa shape index (κ3) is 4.13.